The van der Waals surface area contributed by atoms with Gasteiger partial charge in [-0.3, -0.25) is 0 Å². The van der Waals surface area contributed by atoms with Crippen LogP contribution in [-0.4, -0.2) is 47.1 Å². The smallest absolute Gasteiger partial charge is 0.162 e. The Kier molecular flexibility index (Phi) is 6.32. The fourth-order valence-corrected chi connectivity index (χ4v) is 3.62. The first-order chi connectivity index (χ1) is 13.8. The van der Waals surface area contributed by atoms with Gasteiger partial charge in [-0.05, 0) is 26.8 Å². The molecule has 8 heteroatoms. The monoisotopic (exact) mass is 401 g/mol. The summed E-state index contributed by atoms with van der Waals surface area (Å²) in [5.41, 5.74) is 6.99. The predicted octanol–water partition coefficient (Wildman–Crippen LogP) is 3.09. The fourth-order valence-electron chi connectivity index (χ4n) is 3.62. The summed E-state index contributed by atoms with van der Waals surface area (Å²) >= 11 is 0. The van der Waals surface area contributed by atoms with E-state index in [9.17, 15) is 4.39 Å². The summed E-state index contributed by atoms with van der Waals surface area (Å²) in [6.07, 6.45) is 4.52. The molecule has 3 N–H and O–H groups in total. The number of halogens is 1. The number of nitrogens with one attached hydrogen (secondary N) is 1. The van der Waals surface area contributed by atoms with Crippen LogP contribution in [0.1, 0.15) is 32.9 Å². The van der Waals surface area contributed by atoms with Gasteiger partial charge in [-0.2, -0.15) is 0 Å². The van der Waals surface area contributed by atoms with Crippen LogP contribution in [0.4, 0.5) is 10.2 Å². The number of anilines is 1. The van der Waals surface area contributed by atoms with Crippen molar-refractivity contribution in [3.63, 3.8) is 0 Å². The van der Waals surface area contributed by atoms with E-state index in [1.165, 1.54) is 12.4 Å². The Morgan fingerprint density at radius 1 is 1.45 bits per heavy atom. The van der Waals surface area contributed by atoms with Crippen LogP contribution in [0, 0.1) is 11.3 Å². The van der Waals surface area contributed by atoms with Crippen molar-refractivity contribution >= 4 is 11.5 Å². The molecule has 1 aromatic heterocycles. The first kappa shape index (κ1) is 21.0. The van der Waals surface area contributed by atoms with Gasteiger partial charge in [0.15, 0.2) is 5.83 Å². The van der Waals surface area contributed by atoms with Crippen molar-refractivity contribution in [3.8, 4) is 0 Å². The molecule has 1 aromatic rings. The highest BCUT2D eigenvalue weighted by Gasteiger charge is 2.31. The molecule has 29 heavy (non-hydrogen) atoms. The summed E-state index contributed by atoms with van der Waals surface area (Å²) in [4.78, 5) is 10.8. The minimum absolute atomic E-state index is 0.0154. The first-order valence-corrected chi connectivity index (χ1v) is 9.73. The van der Waals surface area contributed by atoms with Gasteiger partial charge in [0, 0.05) is 24.1 Å². The molecule has 2 heterocycles. The number of hydrogen-bond acceptors (Lipinski definition) is 7. The highest BCUT2D eigenvalue weighted by Crippen LogP contribution is 2.32. The third-order valence-electron chi connectivity index (χ3n) is 5.02. The quantitative estimate of drug-likeness (QED) is 0.562. The van der Waals surface area contributed by atoms with E-state index in [-0.39, 0.29) is 41.8 Å². The van der Waals surface area contributed by atoms with Crippen LogP contribution in [0.2, 0.25) is 0 Å². The van der Waals surface area contributed by atoms with Crippen LogP contribution in [0.25, 0.3) is 0 Å². The second kappa shape index (κ2) is 8.73. The lowest BCUT2D eigenvalue weighted by atomic mass is 9.89. The number of morpholine rings is 1. The molecule has 0 amide bonds. The highest BCUT2D eigenvalue weighted by atomic mass is 19.1. The van der Waals surface area contributed by atoms with Gasteiger partial charge in [-0.15, -0.1) is 6.58 Å². The normalized spacial score (nSPS) is 25.1. The van der Waals surface area contributed by atoms with Crippen LogP contribution < -0.4 is 10.6 Å². The van der Waals surface area contributed by atoms with Crippen molar-refractivity contribution < 1.29 is 13.9 Å². The van der Waals surface area contributed by atoms with Gasteiger partial charge in [-0.25, -0.2) is 14.4 Å². The number of allylic oxidation sites excluding steroid dienone is 4. The Morgan fingerprint density at radius 2 is 2.21 bits per heavy atom. The van der Waals surface area contributed by atoms with E-state index in [1.54, 1.807) is 6.07 Å². The van der Waals surface area contributed by atoms with Gasteiger partial charge < -0.3 is 25.5 Å². The second-order valence-electron chi connectivity index (χ2n) is 7.61. The third kappa shape index (κ3) is 4.48. The number of nitrogens with two attached hydrogens (primary N) is 1. The number of ether oxygens (including phenoxy) is 2. The average Bonchev–Trinajstić information content (AvgIpc) is 2.69. The minimum atomic E-state index is -0.511. The number of aromatic nitrogens is 2. The molecule has 1 aliphatic carbocycles. The standard InChI is InChI=1S/C21H28FN5O2/c1-5-14-10-28-9-13(4)27(14)20-8-18(25-11-26-20)21(24)15-6-19(29-12(2)3)16(22)7-17(15)23/h5,7-8,11-15,24H,1,6,9-10,23H2,2-4H3/t13-,14+,15?/m0/s1. The van der Waals surface area contributed by atoms with E-state index in [0.29, 0.717) is 24.7 Å². The molecule has 0 radical (unpaired) electrons. The topological polar surface area (TPSA) is 97.3 Å². The zero-order valence-corrected chi connectivity index (χ0v) is 17.1. The van der Waals surface area contributed by atoms with E-state index in [2.05, 4.69) is 21.4 Å². The van der Waals surface area contributed by atoms with Crippen LogP contribution in [-0.2, 0) is 9.47 Å². The third-order valence-corrected chi connectivity index (χ3v) is 5.02. The van der Waals surface area contributed by atoms with Crippen LogP contribution in [0.5, 0.6) is 0 Å². The van der Waals surface area contributed by atoms with E-state index >= 15 is 0 Å². The van der Waals surface area contributed by atoms with Crippen LogP contribution in [0.3, 0.4) is 0 Å². The summed E-state index contributed by atoms with van der Waals surface area (Å²) in [6, 6.07) is 1.86. The van der Waals surface area contributed by atoms with E-state index in [1.807, 2.05) is 26.8 Å². The van der Waals surface area contributed by atoms with Crippen molar-refractivity contribution in [1.82, 2.24) is 9.97 Å². The molecule has 1 saturated heterocycles. The molecule has 0 saturated carbocycles. The molecular weight excluding hydrogens is 373 g/mol. The summed E-state index contributed by atoms with van der Waals surface area (Å²) in [6.45, 7) is 10.7. The summed E-state index contributed by atoms with van der Waals surface area (Å²) in [5.74, 6) is -0.0890. The molecule has 1 unspecified atom stereocenters. The number of nitrogens with zero attached hydrogens (tertiary/aromatic N) is 3. The maximum Gasteiger partial charge on any atom is 0.162 e. The van der Waals surface area contributed by atoms with Crippen molar-refractivity contribution in [2.45, 2.75) is 45.4 Å². The largest absolute Gasteiger partial charge is 0.492 e. The molecule has 3 atom stereocenters. The van der Waals surface area contributed by atoms with E-state index in [0.717, 1.165) is 0 Å². The average molecular weight is 401 g/mol. The zero-order valence-electron chi connectivity index (χ0n) is 17.1. The molecule has 0 aromatic carbocycles. The molecule has 0 spiro atoms. The van der Waals surface area contributed by atoms with E-state index < -0.39 is 11.7 Å². The summed E-state index contributed by atoms with van der Waals surface area (Å²) in [5, 5.41) is 8.67. The highest BCUT2D eigenvalue weighted by molar-refractivity contribution is 6.00. The fraction of sp³-hybridized carbons (Fsp3) is 0.476. The molecular formula is C21H28FN5O2. The van der Waals surface area contributed by atoms with Crippen molar-refractivity contribution in [2.75, 3.05) is 18.1 Å². The molecule has 1 aliphatic heterocycles. The maximum atomic E-state index is 14.2. The van der Waals surface area contributed by atoms with Crippen LogP contribution >= 0.6 is 0 Å². The van der Waals surface area contributed by atoms with Crippen molar-refractivity contribution in [1.29, 1.82) is 5.41 Å². The van der Waals surface area contributed by atoms with Crippen molar-refractivity contribution in [3.05, 3.63) is 54.1 Å². The molecule has 3 rings (SSSR count). The molecule has 156 valence electrons. The predicted molar refractivity (Wildman–Crippen MR) is 110 cm³/mol. The van der Waals surface area contributed by atoms with Gasteiger partial charge in [-0.1, -0.05) is 6.08 Å². The second-order valence-corrected chi connectivity index (χ2v) is 7.61. The Bertz CT molecular complexity index is 851. The molecule has 0 bridgehead atoms. The summed E-state index contributed by atoms with van der Waals surface area (Å²) < 4.78 is 25.4. The Labute approximate surface area is 170 Å². The van der Waals surface area contributed by atoms with Gasteiger partial charge >= 0.3 is 0 Å². The van der Waals surface area contributed by atoms with Gasteiger partial charge in [0.25, 0.3) is 0 Å². The first-order valence-electron chi connectivity index (χ1n) is 9.73. The molecule has 7 nitrogen and oxygen atoms in total. The lowest BCUT2D eigenvalue weighted by molar-refractivity contribution is 0.0819. The van der Waals surface area contributed by atoms with Crippen molar-refractivity contribution in [2.24, 2.45) is 11.7 Å². The zero-order chi connectivity index (χ0) is 21.1. The Hall–Kier alpha value is -2.74. The molecule has 1 fully saturated rings. The minimum Gasteiger partial charge on any atom is -0.492 e. The van der Waals surface area contributed by atoms with Gasteiger partial charge in [0.1, 0.15) is 17.9 Å². The van der Waals surface area contributed by atoms with Crippen LogP contribution in [0.15, 0.2) is 48.4 Å². The lowest BCUT2D eigenvalue weighted by Gasteiger charge is -2.40. The SMILES string of the molecule is C=C[C@@H]1COC[C@H](C)N1c1cc(C(=N)C2CC(OC(C)C)=C(F)C=C2N)ncn1. The summed E-state index contributed by atoms with van der Waals surface area (Å²) in [7, 11) is 0. The Morgan fingerprint density at radius 3 is 2.90 bits per heavy atom. The maximum absolute atomic E-state index is 14.2. The number of rotatable bonds is 6. The molecule has 2 aliphatic rings. The van der Waals surface area contributed by atoms with E-state index in [4.69, 9.17) is 20.6 Å². The van der Waals surface area contributed by atoms with Gasteiger partial charge in [0.05, 0.1) is 42.8 Å². The number of hydrogen-bond donors (Lipinski definition) is 2. The lowest BCUT2D eigenvalue weighted by Crippen LogP contribution is -2.50. The van der Waals surface area contributed by atoms with Gasteiger partial charge in [0.2, 0.25) is 0 Å². The Balaban J connectivity index is 1.86.